The fourth-order valence-corrected chi connectivity index (χ4v) is 3.01. The Labute approximate surface area is 174 Å². The smallest absolute Gasteiger partial charge is 0.333 e. The first-order valence-corrected chi connectivity index (χ1v) is 10.2. The summed E-state index contributed by atoms with van der Waals surface area (Å²) >= 11 is 0. The van der Waals surface area contributed by atoms with Crippen LogP contribution in [0, 0.1) is 11.8 Å². The fourth-order valence-electron chi connectivity index (χ4n) is 3.01. The first-order chi connectivity index (χ1) is 14.0. The Bertz CT molecular complexity index is 882. The first-order valence-electron chi connectivity index (χ1n) is 10.2. The third-order valence-corrected chi connectivity index (χ3v) is 4.61. The average molecular weight is 391 g/mol. The number of hydrogen-bond acceptors (Lipinski definition) is 3. The summed E-state index contributed by atoms with van der Waals surface area (Å²) in [5.41, 5.74) is 5.90. The molecule has 2 aromatic carbocycles. The van der Waals surface area contributed by atoms with E-state index in [0.717, 1.165) is 41.5 Å². The van der Waals surface area contributed by atoms with Crippen LogP contribution in [0.4, 0.5) is 0 Å². The summed E-state index contributed by atoms with van der Waals surface area (Å²) in [7, 11) is 0. The van der Waals surface area contributed by atoms with Gasteiger partial charge in [-0.05, 0) is 67.1 Å². The van der Waals surface area contributed by atoms with E-state index in [9.17, 15) is 4.79 Å². The Morgan fingerprint density at radius 3 is 2.34 bits per heavy atom. The van der Waals surface area contributed by atoms with Crippen LogP contribution in [-0.2, 0) is 28.8 Å². The maximum absolute atomic E-state index is 11.6. The maximum atomic E-state index is 11.6. The van der Waals surface area contributed by atoms with E-state index in [1.54, 1.807) is 6.92 Å². The Kier molecular flexibility index (Phi) is 9.21. The molecule has 29 heavy (non-hydrogen) atoms. The van der Waals surface area contributed by atoms with E-state index in [1.165, 1.54) is 5.56 Å². The zero-order chi connectivity index (χ0) is 21.1. The summed E-state index contributed by atoms with van der Waals surface area (Å²) in [6, 6.07) is 14.5. The van der Waals surface area contributed by atoms with Gasteiger partial charge in [-0.15, -0.1) is 0 Å². The van der Waals surface area contributed by atoms with Gasteiger partial charge in [0.1, 0.15) is 0 Å². The van der Waals surface area contributed by atoms with E-state index in [2.05, 4.69) is 61.7 Å². The van der Waals surface area contributed by atoms with Gasteiger partial charge >= 0.3 is 5.97 Å². The van der Waals surface area contributed by atoms with E-state index in [0.29, 0.717) is 25.0 Å². The Balaban J connectivity index is 2.14. The van der Waals surface area contributed by atoms with Gasteiger partial charge in [0, 0.05) is 29.7 Å². The molecule has 0 radical (unpaired) electrons. The molecule has 2 rings (SSSR count). The molecule has 0 fully saturated rings. The van der Waals surface area contributed by atoms with Crippen LogP contribution < -0.4 is 0 Å². The van der Waals surface area contributed by atoms with Crippen LogP contribution >= 0.6 is 0 Å². The highest BCUT2D eigenvalue weighted by Gasteiger charge is 2.07. The number of hydrogen-bond donors (Lipinski definition) is 1. The van der Waals surface area contributed by atoms with Crippen LogP contribution in [0.1, 0.15) is 54.5 Å². The van der Waals surface area contributed by atoms with Crippen LogP contribution in [0.5, 0.6) is 0 Å². The number of aliphatic hydroxyl groups is 1. The van der Waals surface area contributed by atoms with Crippen molar-refractivity contribution in [3.8, 4) is 11.8 Å². The summed E-state index contributed by atoms with van der Waals surface area (Å²) in [6.07, 6.45) is 4.32. The number of aryl methyl sites for hydroxylation is 2. The van der Waals surface area contributed by atoms with Crippen molar-refractivity contribution in [2.45, 2.75) is 46.0 Å². The average Bonchev–Trinajstić information content (AvgIpc) is 2.72. The molecular formula is C26H30O3. The van der Waals surface area contributed by atoms with Gasteiger partial charge in [0.25, 0.3) is 0 Å². The largest absolute Gasteiger partial charge is 0.462 e. The van der Waals surface area contributed by atoms with Crippen molar-refractivity contribution in [3.05, 3.63) is 82.4 Å². The first kappa shape index (κ1) is 22.5. The fraction of sp³-hybridized carbons (Fsp3) is 0.346. The number of carbonyl (C=O) groups is 1. The van der Waals surface area contributed by atoms with Gasteiger partial charge in [-0.25, -0.2) is 4.79 Å². The maximum Gasteiger partial charge on any atom is 0.333 e. The number of aliphatic hydroxyl groups excluding tert-OH is 1. The minimum atomic E-state index is -0.371. The molecule has 0 bridgehead atoms. The number of carbonyl (C=O) groups excluding carboxylic acids is 1. The van der Waals surface area contributed by atoms with E-state index in [-0.39, 0.29) is 12.6 Å². The summed E-state index contributed by atoms with van der Waals surface area (Å²) < 4.78 is 5.24. The standard InChI is InChI=1S/C26H30O3/c1-4-6-21-8-10-22(11-9-21)12-13-23-14-15-24(7-5-17-27)25(19-23)16-18-29-26(28)20(2)3/h8-11,14-15,19,27H,2,4-7,16-18H2,1,3H3. The molecule has 0 amide bonds. The highest BCUT2D eigenvalue weighted by Crippen LogP contribution is 2.16. The number of ether oxygens (including phenoxy) is 1. The highest BCUT2D eigenvalue weighted by molar-refractivity contribution is 5.86. The molecule has 0 aliphatic rings. The van der Waals surface area contributed by atoms with Gasteiger partial charge in [-0.3, -0.25) is 0 Å². The molecule has 0 saturated carbocycles. The lowest BCUT2D eigenvalue weighted by molar-refractivity contribution is -0.138. The van der Waals surface area contributed by atoms with Crippen molar-refractivity contribution < 1.29 is 14.6 Å². The second-order valence-corrected chi connectivity index (χ2v) is 7.17. The molecule has 3 nitrogen and oxygen atoms in total. The van der Waals surface area contributed by atoms with Crippen LogP contribution in [-0.4, -0.2) is 24.3 Å². The molecule has 0 aliphatic heterocycles. The molecule has 0 atom stereocenters. The van der Waals surface area contributed by atoms with Gasteiger partial charge in [0.2, 0.25) is 0 Å². The lowest BCUT2D eigenvalue weighted by atomic mass is 9.98. The Morgan fingerprint density at radius 2 is 1.69 bits per heavy atom. The molecular weight excluding hydrogens is 360 g/mol. The predicted octanol–water partition coefficient (Wildman–Crippen LogP) is 4.63. The topological polar surface area (TPSA) is 46.5 Å². The summed E-state index contributed by atoms with van der Waals surface area (Å²) in [4.78, 5) is 11.6. The van der Waals surface area contributed by atoms with Crippen molar-refractivity contribution in [3.63, 3.8) is 0 Å². The zero-order valence-corrected chi connectivity index (χ0v) is 17.5. The predicted molar refractivity (Wildman–Crippen MR) is 118 cm³/mol. The summed E-state index contributed by atoms with van der Waals surface area (Å²) in [5.74, 6) is 6.08. The summed E-state index contributed by atoms with van der Waals surface area (Å²) in [5, 5.41) is 9.14. The molecule has 0 heterocycles. The van der Waals surface area contributed by atoms with Gasteiger partial charge in [0.15, 0.2) is 0 Å². The Morgan fingerprint density at radius 1 is 1.00 bits per heavy atom. The van der Waals surface area contributed by atoms with Crippen molar-refractivity contribution in [2.75, 3.05) is 13.2 Å². The molecule has 2 aromatic rings. The van der Waals surface area contributed by atoms with Gasteiger partial charge in [-0.1, -0.05) is 50.0 Å². The lowest BCUT2D eigenvalue weighted by Gasteiger charge is -2.11. The third-order valence-electron chi connectivity index (χ3n) is 4.61. The molecule has 0 aliphatic carbocycles. The minimum Gasteiger partial charge on any atom is -0.462 e. The molecule has 0 aromatic heterocycles. The molecule has 0 saturated heterocycles. The molecule has 3 heteroatoms. The quantitative estimate of drug-likeness (QED) is 0.386. The van der Waals surface area contributed by atoms with Crippen molar-refractivity contribution in [2.24, 2.45) is 0 Å². The van der Waals surface area contributed by atoms with E-state index < -0.39 is 0 Å². The lowest BCUT2D eigenvalue weighted by Crippen LogP contribution is -2.09. The van der Waals surface area contributed by atoms with Crippen molar-refractivity contribution >= 4 is 5.97 Å². The molecule has 152 valence electrons. The van der Waals surface area contributed by atoms with E-state index >= 15 is 0 Å². The van der Waals surface area contributed by atoms with Gasteiger partial charge < -0.3 is 9.84 Å². The second-order valence-electron chi connectivity index (χ2n) is 7.17. The molecule has 0 spiro atoms. The monoisotopic (exact) mass is 390 g/mol. The highest BCUT2D eigenvalue weighted by atomic mass is 16.5. The second kappa shape index (κ2) is 11.9. The van der Waals surface area contributed by atoms with E-state index in [1.807, 2.05) is 6.07 Å². The van der Waals surface area contributed by atoms with Crippen molar-refractivity contribution in [1.29, 1.82) is 0 Å². The third kappa shape index (κ3) is 7.60. The van der Waals surface area contributed by atoms with Crippen LogP contribution in [0.15, 0.2) is 54.6 Å². The Hall–Kier alpha value is -2.83. The van der Waals surface area contributed by atoms with Gasteiger partial charge in [-0.2, -0.15) is 0 Å². The van der Waals surface area contributed by atoms with Crippen molar-refractivity contribution in [1.82, 2.24) is 0 Å². The number of rotatable bonds is 9. The number of benzene rings is 2. The van der Waals surface area contributed by atoms with Gasteiger partial charge in [0.05, 0.1) is 6.61 Å². The zero-order valence-electron chi connectivity index (χ0n) is 17.5. The van der Waals surface area contributed by atoms with E-state index in [4.69, 9.17) is 9.84 Å². The minimum absolute atomic E-state index is 0.152. The van der Waals surface area contributed by atoms with Crippen LogP contribution in [0.3, 0.4) is 0 Å². The molecule has 0 unspecified atom stereocenters. The normalized spacial score (nSPS) is 10.2. The van der Waals surface area contributed by atoms with Crippen LogP contribution in [0.2, 0.25) is 0 Å². The SMILES string of the molecule is C=C(C)C(=O)OCCc1cc(C#Cc2ccc(CCC)cc2)ccc1CCCO. The summed E-state index contributed by atoms with van der Waals surface area (Å²) in [6.45, 7) is 7.87. The number of esters is 1. The van der Waals surface area contributed by atoms with Crippen LogP contribution in [0.25, 0.3) is 0 Å². The molecule has 1 N–H and O–H groups in total.